The summed E-state index contributed by atoms with van der Waals surface area (Å²) in [6, 6.07) is 12.4. The minimum absolute atomic E-state index is 0.111. The topological polar surface area (TPSA) is 46.6 Å². The molecule has 1 aliphatic rings. The van der Waals surface area contributed by atoms with Gasteiger partial charge in [0.1, 0.15) is 5.75 Å². The Labute approximate surface area is 178 Å². The normalized spacial score (nSPS) is 16.7. The van der Waals surface area contributed by atoms with Crippen molar-refractivity contribution in [2.75, 3.05) is 0 Å². The highest BCUT2D eigenvalue weighted by molar-refractivity contribution is 8.18. The van der Waals surface area contributed by atoms with Crippen LogP contribution in [0.25, 0.3) is 6.08 Å². The minimum Gasteiger partial charge on any atom is -0.491 e. The number of amides is 2. The molecule has 1 aliphatic heterocycles. The Kier molecular flexibility index (Phi) is 6.70. The number of halogens is 2. The lowest BCUT2D eigenvalue weighted by atomic mass is 10.2. The molecule has 0 aliphatic carbocycles. The predicted molar refractivity (Wildman–Crippen MR) is 115 cm³/mol. The van der Waals surface area contributed by atoms with Crippen LogP contribution in [0.2, 0.25) is 10.0 Å². The zero-order valence-electron chi connectivity index (χ0n) is 15.4. The molecule has 7 heteroatoms. The Balaban J connectivity index is 1.73. The van der Waals surface area contributed by atoms with Gasteiger partial charge in [-0.05, 0) is 66.6 Å². The Morgan fingerprint density at radius 2 is 1.86 bits per heavy atom. The van der Waals surface area contributed by atoms with Crippen molar-refractivity contribution in [2.45, 2.75) is 32.9 Å². The van der Waals surface area contributed by atoms with Crippen molar-refractivity contribution in [3.8, 4) is 5.75 Å². The maximum atomic E-state index is 12.7. The lowest BCUT2D eigenvalue weighted by Gasteiger charge is -2.13. The number of imide groups is 1. The molecule has 1 saturated heterocycles. The van der Waals surface area contributed by atoms with Gasteiger partial charge in [-0.2, -0.15) is 0 Å². The first-order chi connectivity index (χ1) is 13.4. The third kappa shape index (κ3) is 4.90. The molecular weight excluding hydrogens is 417 g/mol. The molecule has 4 nitrogen and oxygen atoms in total. The standard InChI is InChI=1S/C21H19Cl2NO3S/c1-3-13(2)27-17-8-4-14(5-9-17)10-19-20(25)24(21(26)28-19)12-15-6-7-16(22)11-18(15)23/h4-11,13H,3,12H2,1-2H3/b19-10-/t13-/m1/s1. The number of nitrogens with zero attached hydrogens (tertiary/aromatic N) is 1. The zero-order valence-corrected chi connectivity index (χ0v) is 17.8. The van der Waals surface area contributed by atoms with Gasteiger partial charge in [0, 0.05) is 10.0 Å². The van der Waals surface area contributed by atoms with Crippen molar-refractivity contribution in [1.82, 2.24) is 4.90 Å². The summed E-state index contributed by atoms with van der Waals surface area (Å²) in [4.78, 5) is 26.6. The zero-order chi connectivity index (χ0) is 20.3. The quantitative estimate of drug-likeness (QED) is 0.491. The molecule has 2 amide bonds. The molecule has 1 heterocycles. The molecule has 146 valence electrons. The fourth-order valence-corrected chi connectivity index (χ4v) is 3.87. The van der Waals surface area contributed by atoms with Crippen molar-refractivity contribution in [3.05, 3.63) is 68.5 Å². The Bertz CT molecular complexity index is 928. The maximum Gasteiger partial charge on any atom is 0.293 e. The van der Waals surface area contributed by atoms with E-state index < -0.39 is 0 Å². The Morgan fingerprint density at radius 3 is 2.50 bits per heavy atom. The summed E-state index contributed by atoms with van der Waals surface area (Å²) >= 11 is 13.0. The van der Waals surface area contributed by atoms with E-state index in [-0.39, 0.29) is 23.8 Å². The van der Waals surface area contributed by atoms with Gasteiger partial charge >= 0.3 is 0 Å². The van der Waals surface area contributed by atoms with Crippen LogP contribution >= 0.6 is 35.0 Å². The highest BCUT2D eigenvalue weighted by Gasteiger charge is 2.35. The summed E-state index contributed by atoms with van der Waals surface area (Å²) in [5.41, 5.74) is 1.49. The number of ether oxygens (including phenoxy) is 1. The molecule has 0 radical (unpaired) electrons. The molecule has 3 rings (SSSR count). The van der Waals surface area contributed by atoms with Gasteiger partial charge in [0.05, 0.1) is 17.6 Å². The third-order valence-corrected chi connectivity index (χ3v) is 5.80. The highest BCUT2D eigenvalue weighted by Crippen LogP contribution is 2.34. The van der Waals surface area contributed by atoms with Gasteiger partial charge in [-0.15, -0.1) is 0 Å². The smallest absolute Gasteiger partial charge is 0.293 e. The molecule has 0 spiro atoms. The van der Waals surface area contributed by atoms with E-state index in [1.54, 1.807) is 24.3 Å². The summed E-state index contributed by atoms with van der Waals surface area (Å²) in [5.74, 6) is 0.443. The molecule has 2 aromatic rings. The number of hydrogen-bond donors (Lipinski definition) is 0. The SMILES string of the molecule is CC[C@@H](C)Oc1ccc(/C=C2\SC(=O)N(Cc3ccc(Cl)cc3Cl)C2=O)cc1. The van der Waals surface area contributed by atoms with Crippen molar-refractivity contribution in [2.24, 2.45) is 0 Å². The largest absolute Gasteiger partial charge is 0.491 e. The fraction of sp³-hybridized carbons (Fsp3) is 0.238. The van der Waals surface area contributed by atoms with Gasteiger partial charge < -0.3 is 4.74 Å². The van der Waals surface area contributed by atoms with Crippen LogP contribution in [0.15, 0.2) is 47.4 Å². The van der Waals surface area contributed by atoms with Crippen LogP contribution in [0.5, 0.6) is 5.75 Å². The van der Waals surface area contributed by atoms with Crippen molar-refractivity contribution < 1.29 is 14.3 Å². The monoisotopic (exact) mass is 435 g/mol. The van der Waals surface area contributed by atoms with Crippen LogP contribution in [0.3, 0.4) is 0 Å². The number of carbonyl (C=O) groups is 2. The molecule has 0 unspecified atom stereocenters. The number of hydrogen-bond acceptors (Lipinski definition) is 4. The first-order valence-corrected chi connectivity index (χ1v) is 10.4. The van der Waals surface area contributed by atoms with E-state index in [9.17, 15) is 9.59 Å². The maximum absolute atomic E-state index is 12.7. The molecule has 2 aromatic carbocycles. The highest BCUT2D eigenvalue weighted by atomic mass is 35.5. The average molecular weight is 436 g/mol. The number of benzene rings is 2. The van der Waals surface area contributed by atoms with Crippen LogP contribution in [0, 0.1) is 0 Å². The summed E-state index contributed by atoms with van der Waals surface area (Å²) in [6.45, 7) is 4.18. The van der Waals surface area contributed by atoms with E-state index in [1.807, 2.05) is 31.2 Å². The van der Waals surface area contributed by atoms with Gasteiger partial charge in [0.2, 0.25) is 0 Å². The van der Waals surface area contributed by atoms with Crippen molar-refractivity contribution in [1.29, 1.82) is 0 Å². The summed E-state index contributed by atoms with van der Waals surface area (Å²) in [7, 11) is 0. The number of thioether (sulfide) groups is 1. The van der Waals surface area contributed by atoms with Crippen LogP contribution in [-0.4, -0.2) is 22.2 Å². The van der Waals surface area contributed by atoms with Gasteiger partial charge in [0.15, 0.2) is 0 Å². The second-order valence-corrected chi connectivity index (χ2v) is 8.25. The van der Waals surface area contributed by atoms with Gasteiger partial charge in [0.25, 0.3) is 11.1 Å². The van der Waals surface area contributed by atoms with Gasteiger partial charge in [-0.3, -0.25) is 14.5 Å². The first-order valence-electron chi connectivity index (χ1n) is 8.83. The van der Waals surface area contributed by atoms with E-state index in [2.05, 4.69) is 6.92 Å². The number of carbonyl (C=O) groups excluding carboxylic acids is 2. The summed E-state index contributed by atoms with van der Waals surface area (Å²) < 4.78 is 5.75. The van der Waals surface area contributed by atoms with Gasteiger partial charge in [-0.25, -0.2) is 0 Å². The van der Waals surface area contributed by atoms with E-state index in [0.717, 1.165) is 29.5 Å². The van der Waals surface area contributed by atoms with E-state index in [1.165, 1.54) is 4.90 Å². The molecule has 0 bridgehead atoms. The Hall–Kier alpha value is -1.95. The van der Waals surface area contributed by atoms with Gasteiger partial charge in [-0.1, -0.05) is 48.3 Å². The fourth-order valence-electron chi connectivity index (χ4n) is 2.57. The van der Waals surface area contributed by atoms with Crippen LogP contribution in [0.4, 0.5) is 4.79 Å². The second-order valence-electron chi connectivity index (χ2n) is 6.41. The molecule has 28 heavy (non-hydrogen) atoms. The van der Waals surface area contributed by atoms with Crippen molar-refractivity contribution in [3.63, 3.8) is 0 Å². The molecular formula is C21H19Cl2NO3S. The molecule has 0 N–H and O–H groups in total. The van der Waals surface area contributed by atoms with E-state index >= 15 is 0 Å². The molecule has 0 aromatic heterocycles. The van der Waals surface area contributed by atoms with Crippen LogP contribution in [0.1, 0.15) is 31.4 Å². The van der Waals surface area contributed by atoms with Crippen LogP contribution in [-0.2, 0) is 11.3 Å². The molecule has 1 atom stereocenters. The Morgan fingerprint density at radius 1 is 1.14 bits per heavy atom. The minimum atomic E-state index is -0.332. The summed E-state index contributed by atoms with van der Waals surface area (Å²) in [6.07, 6.45) is 2.77. The molecule has 0 saturated carbocycles. The first kappa shape index (κ1) is 20.8. The third-order valence-electron chi connectivity index (χ3n) is 4.31. The average Bonchev–Trinajstić information content (AvgIpc) is 2.92. The van der Waals surface area contributed by atoms with E-state index in [4.69, 9.17) is 27.9 Å². The second kappa shape index (κ2) is 9.03. The lowest BCUT2D eigenvalue weighted by Crippen LogP contribution is -2.27. The number of rotatable bonds is 6. The van der Waals surface area contributed by atoms with Crippen LogP contribution < -0.4 is 4.74 Å². The molecule has 1 fully saturated rings. The summed E-state index contributed by atoms with van der Waals surface area (Å²) in [5, 5.41) is 0.606. The van der Waals surface area contributed by atoms with E-state index in [0.29, 0.717) is 20.5 Å². The predicted octanol–water partition coefficient (Wildman–Crippen LogP) is 6.41. The van der Waals surface area contributed by atoms with Crippen molar-refractivity contribution >= 4 is 52.2 Å². The lowest BCUT2D eigenvalue weighted by molar-refractivity contribution is -0.123.